The number of aryl methyl sites for hydroxylation is 1. The summed E-state index contributed by atoms with van der Waals surface area (Å²) in [6.07, 6.45) is 0.619. The number of amides is 1. The molecule has 1 aliphatic heterocycles. The van der Waals surface area contributed by atoms with Gasteiger partial charge >= 0.3 is 0 Å². The summed E-state index contributed by atoms with van der Waals surface area (Å²) in [6, 6.07) is 3.46. The van der Waals surface area contributed by atoms with E-state index >= 15 is 0 Å². The van der Waals surface area contributed by atoms with Gasteiger partial charge in [-0.15, -0.1) is 12.4 Å². The Morgan fingerprint density at radius 1 is 1.42 bits per heavy atom. The van der Waals surface area contributed by atoms with Crippen LogP contribution < -0.4 is 10.6 Å². The number of carbonyl (C=O) groups is 1. The maximum Gasteiger partial charge on any atom is 0.261 e. The number of halogens is 2. The molecule has 3 rings (SSSR count). The average Bonchev–Trinajstić information content (AvgIpc) is 2.92. The van der Waals surface area contributed by atoms with Gasteiger partial charge in [-0.1, -0.05) is 25.1 Å². The van der Waals surface area contributed by atoms with Crippen molar-refractivity contribution >= 4 is 24.0 Å². The first-order valence-electron chi connectivity index (χ1n) is 7.77. The van der Waals surface area contributed by atoms with E-state index in [9.17, 15) is 9.18 Å². The van der Waals surface area contributed by atoms with E-state index in [1.807, 2.05) is 19.9 Å². The minimum absolute atomic E-state index is 0. The zero-order valence-electron chi connectivity index (χ0n) is 13.9. The molecular formula is C17H21ClFN3O2. The molecule has 1 aromatic carbocycles. The molecule has 7 heteroatoms. The van der Waals surface area contributed by atoms with Gasteiger partial charge in [0.05, 0.1) is 11.4 Å². The average molecular weight is 354 g/mol. The van der Waals surface area contributed by atoms with Gasteiger partial charge in [0.25, 0.3) is 5.91 Å². The Balaban J connectivity index is 0.00000208. The van der Waals surface area contributed by atoms with Crippen molar-refractivity contribution in [1.82, 2.24) is 10.5 Å². The first kappa shape index (κ1) is 18.4. The van der Waals surface area contributed by atoms with Crippen molar-refractivity contribution in [2.24, 2.45) is 0 Å². The highest BCUT2D eigenvalue weighted by molar-refractivity contribution is 6.05. The second-order valence-corrected chi connectivity index (χ2v) is 6.11. The maximum atomic E-state index is 14.6. The monoisotopic (exact) mass is 353 g/mol. The van der Waals surface area contributed by atoms with Gasteiger partial charge < -0.3 is 15.2 Å². The minimum atomic E-state index is -0.389. The zero-order chi connectivity index (χ0) is 16.6. The summed E-state index contributed by atoms with van der Waals surface area (Å²) in [5, 5.41) is 9.72. The van der Waals surface area contributed by atoms with Crippen molar-refractivity contribution in [3.8, 4) is 0 Å². The molecule has 130 valence electrons. The normalized spacial score (nSPS) is 13.4. The number of anilines is 1. The Bertz CT molecular complexity index is 759. The predicted octanol–water partition coefficient (Wildman–Crippen LogP) is 3.57. The van der Waals surface area contributed by atoms with Crippen molar-refractivity contribution in [1.29, 1.82) is 0 Å². The zero-order valence-corrected chi connectivity index (χ0v) is 14.7. The first-order chi connectivity index (χ1) is 11.0. The molecule has 1 aliphatic rings. The van der Waals surface area contributed by atoms with Crippen LogP contribution >= 0.6 is 12.4 Å². The lowest BCUT2D eigenvalue weighted by Crippen LogP contribution is -2.25. The van der Waals surface area contributed by atoms with Gasteiger partial charge in [-0.25, -0.2) is 4.39 Å². The molecule has 0 atom stereocenters. The topological polar surface area (TPSA) is 67.2 Å². The Morgan fingerprint density at radius 3 is 2.88 bits per heavy atom. The Hall–Kier alpha value is -1.92. The van der Waals surface area contributed by atoms with Gasteiger partial charge in [0.1, 0.15) is 11.4 Å². The second kappa shape index (κ2) is 7.32. The molecule has 2 heterocycles. The number of hydrogen-bond acceptors (Lipinski definition) is 4. The molecule has 1 aromatic heterocycles. The molecule has 0 spiro atoms. The summed E-state index contributed by atoms with van der Waals surface area (Å²) in [6.45, 7) is 6.94. The van der Waals surface area contributed by atoms with E-state index in [4.69, 9.17) is 4.52 Å². The molecule has 0 fully saturated rings. The molecule has 0 saturated heterocycles. The van der Waals surface area contributed by atoms with E-state index in [2.05, 4.69) is 15.8 Å². The summed E-state index contributed by atoms with van der Waals surface area (Å²) >= 11 is 0. The Morgan fingerprint density at radius 2 is 2.17 bits per heavy atom. The highest BCUT2D eigenvalue weighted by atomic mass is 35.5. The van der Waals surface area contributed by atoms with Crippen LogP contribution in [0.1, 0.15) is 52.7 Å². The molecule has 0 bridgehead atoms. The lowest BCUT2D eigenvalue weighted by molar-refractivity contribution is 0.102. The number of fused-ring (bicyclic) bond motifs is 1. The van der Waals surface area contributed by atoms with Crippen molar-refractivity contribution < 1.29 is 13.7 Å². The standard InChI is InChI=1S/C17H20FN3O2.ClH/c1-9(2)16-14(10(3)21-23-16)17(22)20-13-5-4-11-8-19-7-6-12(11)15(13)18;/h4-5,9,19H,6-8H2,1-3H3,(H,20,22);1H. The van der Waals surface area contributed by atoms with Gasteiger partial charge in [-0.2, -0.15) is 0 Å². The van der Waals surface area contributed by atoms with Gasteiger partial charge in [0, 0.05) is 12.5 Å². The van der Waals surface area contributed by atoms with Crippen LogP contribution in [0.25, 0.3) is 0 Å². The third kappa shape index (κ3) is 3.30. The van der Waals surface area contributed by atoms with Gasteiger partial charge in [0.2, 0.25) is 0 Å². The SMILES string of the molecule is Cc1noc(C(C)C)c1C(=O)Nc1ccc2c(c1F)CCNC2.Cl. The van der Waals surface area contributed by atoms with Crippen LogP contribution in [0.2, 0.25) is 0 Å². The van der Waals surface area contributed by atoms with Crippen molar-refractivity contribution in [2.45, 2.75) is 39.7 Å². The predicted molar refractivity (Wildman–Crippen MR) is 92.3 cm³/mol. The first-order valence-corrected chi connectivity index (χ1v) is 7.77. The summed E-state index contributed by atoms with van der Waals surface area (Å²) in [5.41, 5.74) is 2.71. The van der Waals surface area contributed by atoms with Crippen LogP contribution in [-0.2, 0) is 13.0 Å². The summed E-state index contributed by atoms with van der Waals surface area (Å²) in [5.74, 6) is -0.197. The van der Waals surface area contributed by atoms with Gasteiger partial charge in [-0.3, -0.25) is 4.79 Å². The molecule has 24 heavy (non-hydrogen) atoms. The van der Waals surface area contributed by atoms with Crippen molar-refractivity contribution in [3.05, 3.63) is 46.1 Å². The van der Waals surface area contributed by atoms with E-state index in [1.54, 1.807) is 13.0 Å². The van der Waals surface area contributed by atoms with Crippen LogP contribution in [0.3, 0.4) is 0 Å². The third-order valence-electron chi connectivity index (χ3n) is 4.10. The molecular weight excluding hydrogens is 333 g/mol. The number of aromatic nitrogens is 1. The highest BCUT2D eigenvalue weighted by Crippen LogP contribution is 2.27. The molecule has 0 aliphatic carbocycles. The van der Waals surface area contributed by atoms with E-state index < -0.39 is 0 Å². The number of benzene rings is 1. The van der Waals surface area contributed by atoms with Gasteiger partial charge in [-0.05, 0) is 37.1 Å². The van der Waals surface area contributed by atoms with Crippen LogP contribution in [0.4, 0.5) is 10.1 Å². The molecule has 1 amide bonds. The quantitative estimate of drug-likeness (QED) is 0.885. The molecule has 0 saturated carbocycles. The van der Waals surface area contributed by atoms with Crippen LogP contribution in [-0.4, -0.2) is 17.6 Å². The number of hydrogen-bond donors (Lipinski definition) is 2. The van der Waals surface area contributed by atoms with Gasteiger partial charge in [0.15, 0.2) is 5.76 Å². The van der Waals surface area contributed by atoms with Crippen LogP contribution in [0, 0.1) is 12.7 Å². The molecule has 2 N–H and O–H groups in total. The number of rotatable bonds is 3. The molecule has 0 unspecified atom stereocenters. The molecule has 2 aromatic rings. The third-order valence-corrected chi connectivity index (χ3v) is 4.10. The van der Waals surface area contributed by atoms with Crippen molar-refractivity contribution in [3.63, 3.8) is 0 Å². The highest BCUT2D eigenvalue weighted by Gasteiger charge is 2.24. The maximum absolute atomic E-state index is 14.6. The van der Waals surface area contributed by atoms with Crippen molar-refractivity contribution in [2.75, 3.05) is 11.9 Å². The fourth-order valence-electron chi connectivity index (χ4n) is 2.87. The number of nitrogens with one attached hydrogen (secondary N) is 2. The number of nitrogens with zero attached hydrogens (tertiary/aromatic N) is 1. The largest absolute Gasteiger partial charge is 0.360 e. The summed E-state index contributed by atoms with van der Waals surface area (Å²) in [7, 11) is 0. The smallest absolute Gasteiger partial charge is 0.261 e. The van der Waals surface area contributed by atoms with Crippen LogP contribution in [0.5, 0.6) is 0 Å². The lowest BCUT2D eigenvalue weighted by atomic mass is 9.99. The van der Waals surface area contributed by atoms with E-state index in [-0.39, 0.29) is 35.7 Å². The number of carbonyl (C=O) groups excluding carboxylic acids is 1. The van der Waals surface area contributed by atoms with E-state index in [0.717, 1.165) is 12.1 Å². The molecule has 5 nitrogen and oxygen atoms in total. The second-order valence-electron chi connectivity index (χ2n) is 6.11. The Kier molecular flexibility index (Phi) is 5.62. The minimum Gasteiger partial charge on any atom is -0.360 e. The van der Waals surface area contributed by atoms with E-state index in [1.165, 1.54) is 0 Å². The Labute approximate surface area is 146 Å². The fourth-order valence-corrected chi connectivity index (χ4v) is 2.87. The summed E-state index contributed by atoms with van der Waals surface area (Å²) < 4.78 is 19.9. The summed E-state index contributed by atoms with van der Waals surface area (Å²) in [4.78, 5) is 12.6. The fraction of sp³-hybridized carbons (Fsp3) is 0.412. The lowest BCUT2D eigenvalue weighted by Gasteiger charge is -2.19. The molecule has 0 radical (unpaired) electrons. The van der Waals surface area contributed by atoms with E-state index in [0.29, 0.717) is 35.5 Å². The van der Waals surface area contributed by atoms with Crippen LogP contribution in [0.15, 0.2) is 16.7 Å².